The molecule has 0 aromatic carbocycles. The number of amides is 1. The van der Waals surface area contributed by atoms with E-state index in [-0.39, 0.29) is 5.91 Å². The third-order valence-corrected chi connectivity index (χ3v) is 3.40. The lowest BCUT2D eigenvalue weighted by molar-refractivity contribution is -0.131. The van der Waals surface area contributed by atoms with Crippen molar-refractivity contribution in [3.05, 3.63) is 17.0 Å². The average molecular weight is 251 g/mol. The summed E-state index contributed by atoms with van der Waals surface area (Å²) in [5, 5.41) is 7.29. The summed E-state index contributed by atoms with van der Waals surface area (Å²) in [7, 11) is 0. The van der Waals surface area contributed by atoms with Gasteiger partial charge in [0, 0.05) is 38.2 Å². The Labute approximate surface area is 108 Å². The number of carbonyl (C=O) groups is 1. The summed E-state index contributed by atoms with van der Waals surface area (Å²) in [6.07, 6.45) is 2.03. The highest BCUT2D eigenvalue weighted by atomic mass is 16.5. The second kappa shape index (κ2) is 6.00. The van der Waals surface area contributed by atoms with E-state index in [0.29, 0.717) is 6.42 Å². The van der Waals surface area contributed by atoms with Gasteiger partial charge in [-0.2, -0.15) is 0 Å². The predicted molar refractivity (Wildman–Crippen MR) is 68.4 cm³/mol. The number of hydrogen-bond donors (Lipinski definition) is 1. The van der Waals surface area contributed by atoms with Crippen LogP contribution in [0.2, 0.25) is 0 Å². The molecule has 100 valence electrons. The molecule has 1 amide bonds. The molecule has 1 aliphatic rings. The molecule has 1 aliphatic heterocycles. The topological polar surface area (TPSA) is 58.4 Å². The van der Waals surface area contributed by atoms with Crippen LogP contribution in [0.1, 0.15) is 30.9 Å². The van der Waals surface area contributed by atoms with Crippen molar-refractivity contribution in [1.29, 1.82) is 0 Å². The van der Waals surface area contributed by atoms with Crippen molar-refractivity contribution in [2.45, 2.75) is 33.1 Å². The molecule has 1 fully saturated rings. The van der Waals surface area contributed by atoms with Crippen LogP contribution in [0.15, 0.2) is 4.52 Å². The quantitative estimate of drug-likeness (QED) is 0.859. The zero-order valence-electron chi connectivity index (χ0n) is 11.2. The summed E-state index contributed by atoms with van der Waals surface area (Å²) in [6.45, 7) is 7.43. The normalized spacial score (nSPS) is 16.0. The van der Waals surface area contributed by atoms with Gasteiger partial charge in [-0.25, -0.2) is 0 Å². The maximum Gasteiger partial charge on any atom is 0.227 e. The van der Waals surface area contributed by atoms with Gasteiger partial charge in [0.1, 0.15) is 5.76 Å². The van der Waals surface area contributed by atoms with Gasteiger partial charge < -0.3 is 14.7 Å². The fraction of sp³-hybridized carbons (Fsp3) is 0.692. The first kappa shape index (κ1) is 13.1. The molecular formula is C13H21N3O2. The fourth-order valence-corrected chi connectivity index (χ4v) is 2.32. The van der Waals surface area contributed by atoms with E-state index in [1.165, 1.54) is 0 Å². The van der Waals surface area contributed by atoms with Crippen LogP contribution in [0.25, 0.3) is 0 Å². The Morgan fingerprint density at radius 3 is 2.67 bits per heavy atom. The smallest absolute Gasteiger partial charge is 0.227 e. The van der Waals surface area contributed by atoms with Gasteiger partial charge in [0.05, 0.1) is 12.1 Å². The molecule has 0 aliphatic carbocycles. The first-order valence-electron chi connectivity index (χ1n) is 6.71. The first-order valence-corrected chi connectivity index (χ1v) is 6.71. The van der Waals surface area contributed by atoms with Gasteiger partial charge in [-0.15, -0.1) is 0 Å². The molecule has 0 bridgehead atoms. The van der Waals surface area contributed by atoms with Gasteiger partial charge in [0.25, 0.3) is 0 Å². The second-order valence-electron chi connectivity index (χ2n) is 4.55. The SMILES string of the molecule is CCc1noc(CC)c1CC(=O)N1CCNCC1. The molecule has 2 rings (SSSR count). The lowest BCUT2D eigenvalue weighted by atomic mass is 10.1. The van der Waals surface area contributed by atoms with Crippen LogP contribution in [0, 0.1) is 0 Å². The zero-order valence-corrected chi connectivity index (χ0v) is 11.2. The summed E-state index contributed by atoms with van der Waals surface area (Å²) < 4.78 is 5.29. The van der Waals surface area contributed by atoms with Gasteiger partial charge in [-0.3, -0.25) is 4.79 Å². The lowest BCUT2D eigenvalue weighted by Gasteiger charge is -2.27. The molecule has 1 saturated heterocycles. The third kappa shape index (κ3) is 2.72. The number of nitrogens with zero attached hydrogens (tertiary/aromatic N) is 2. The van der Waals surface area contributed by atoms with Gasteiger partial charge in [0.2, 0.25) is 5.91 Å². The van der Waals surface area contributed by atoms with Crippen LogP contribution in [0.3, 0.4) is 0 Å². The molecule has 2 heterocycles. The van der Waals surface area contributed by atoms with Crippen molar-refractivity contribution < 1.29 is 9.32 Å². The van der Waals surface area contributed by atoms with E-state index in [0.717, 1.165) is 56.0 Å². The molecule has 0 atom stereocenters. The molecule has 0 spiro atoms. The Hall–Kier alpha value is -1.36. The lowest BCUT2D eigenvalue weighted by Crippen LogP contribution is -2.47. The fourth-order valence-electron chi connectivity index (χ4n) is 2.32. The molecule has 1 aromatic heterocycles. The number of hydrogen-bond acceptors (Lipinski definition) is 4. The van der Waals surface area contributed by atoms with Crippen LogP contribution >= 0.6 is 0 Å². The Kier molecular flexibility index (Phi) is 4.36. The van der Waals surface area contributed by atoms with E-state index in [2.05, 4.69) is 10.5 Å². The van der Waals surface area contributed by atoms with Crippen LogP contribution in [-0.4, -0.2) is 42.1 Å². The van der Waals surface area contributed by atoms with Crippen molar-refractivity contribution in [3.63, 3.8) is 0 Å². The molecule has 1 aromatic rings. The number of carbonyl (C=O) groups excluding carboxylic acids is 1. The monoisotopic (exact) mass is 251 g/mol. The van der Waals surface area contributed by atoms with Crippen LogP contribution in [-0.2, 0) is 24.1 Å². The van der Waals surface area contributed by atoms with Crippen LogP contribution in [0.4, 0.5) is 0 Å². The minimum absolute atomic E-state index is 0.184. The molecule has 0 saturated carbocycles. The van der Waals surface area contributed by atoms with E-state index in [1.807, 2.05) is 18.7 Å². The van der Waals surface area contributed by atoms with Crippen molar-refractivity contribution >= 4 is 5.91 Å². The maximum atomic E-state index is 12.2. The molecular weight excluding hydrogens is 230 g/mol. The predicted octanol–water partition coefficient (Wildman–Crippen LogP) is 0.774. The molecule has 0 radical (unpaired) electrons. The average Bonchev–Trinajstić information content (AvgIpc) is 2.81. The summed E-state index contributed by atoms with van der Waals surface area (Å²) in [5.41, 5.74) is 1.93. The highest BCUT2D eigenvalue weighted by Crippen LogP contribution is 2.17. The van der Waals surface area contributed by atoms with E-state index in [4.69, 9.17) is 4.52 Å². The number of rotatable bonds is 4. The van der Waals surface area contributed by atoms with E-state index in [9.17, 15) is 4.79 Å². The van der Waals surface area contributed by atoms with Crippen LogP contribution < -0.4 is 5.32 Å². The highest BCUT2D eigenvalue weighted by molar-refractivity contribution is 5.79. The standard InChI is InChI=1S/C13H21N3O2/c1-3-11-10(12(4-2)18-15-11)9-13(17)16-7-5-14-6-8-16/h14H,3-9H2,1-2H3. The summed E-state index contributed by atoms with van der Waals surface area (Å²) in [4.78, 5) is 14.1. The van der Waals surface area contributed by atoms with Gasteiger partial charge in [-0.1, -0.05) is 19.0 Å². The maximum absolute atomic E-state index is 12.2. The summed E-state index contributed by atoms with van der Waals surface area (Å²) in [5.74, 6) is 1.04. The number of aryl methyl sites for hydroxylation is 2. The first-order chi connectivity index (χ1) is 8.76. The van der Waals surface area contributed by atoms with Gasteiger partial charge in [-0.05, 0) is 6.42 Å². The Morgan fingerprint density at radius 1 is 1.33 bits per heavy atom. The van der Waals surface area contributed by atoms with Crippen molar-refractivity contribution in [3.8, 4) is 0 Å². The summed E-state index contributed by atoms with van der Waals surface area (Å²) >= 11 is 0. The molecule has 18 heavy (non-hydrogen) atoms. The van der Waals surface area contributed by atoms with E-state index in [1.54, 1.807) is 0 Å². The molecule has 0 unspecified atom stereocenters. The Bertz CT molecular complexity index is 387. The molecule has 1 N–H and O–H groups in total. The largest absolute Gasteiger partial charge is 0.361 e. The van der Waals surface area contributed by atoms with Crippen molar-refractivity contribution in [2.75, 3.05) is 26.2 Å². The van der Waals surface area contributed by atoms with Gasteiger partial charge >= 0.3 is 0 Å². The Morgan fingerprint density at radius 2 is 2.06 bits per heavy atom. The zero-order chi connectivity index (χ0) is 13.0. The molecule has 5 nitrogen and oxygen atoms in total. The van der Waals surface area contributed by atoms with E-state index >= 15 is 0 Å². The molecule has 5 heteroatoms. The number of nitrogens with one attached hydrogen (secondary N) is 1. The highest BCUT2D eigenvalue weighted by Gasteiger charge is 2.21. The Balaban J connectivity index is 2.07. The minimum Gasteiger partial charge on any atom is -0.361 e. The van der Waals surface area contributed by atoms with Crippen molar-refractivity contribution in [2.24, 2.45) is 0 Å². The number of piperazine rings is 1. The second-order valence-corrected chi connectivity index (χ2v) is 4.55. The van der Waals surface area contributed by atoms with Crippen LogP contribution in [0.5, 0.6) is 0 Å². The third-order valence-electron chi connectivity index (χ3n) is 3.40. The van der Waals surface area contributed by atoms with E-state index < -0.39 is 0 Å². The van der Waals surface area contributed by atoms with Gasteiger partial charge in [0.15, 0.2) is 0 Å². The van der Waals surface area contributed by atoms with Crippen molar-refractivity contribution in [1.82, 2.24) is 15.4 Å². The summed E-state index contributed by atoms with van der Waals surface area (Å²) in [6, 6.07) is 0. The number of aromatic nitrogens is 1. The minimum atomic E-state index is 0.184.